The number of carbonyl (C=O) groups is 1. The molecule has 0 radical (unpaired) electrons. The molecule has 0 saturated carbocycles. The minimum atomic E-state index is -4.64. The Morgan fingerprint density at radius 2 is 2.13 bits per heavy atom. The molecule has 1 aromatic rings. The highest BCUT2D eigenvalue weighted by molar-refractivity contribution is 8.00. The Bertz CT molecular complexity index is 637. The Morgan fingerprint density at radius 3 is 2.70 bits per heavy atom. The first-order chi connectivity index (χ1) is 10.8. The monoisotopic (exact) mass is 345 g/mol. The van der Waals surface area contributed by atoms with Crippen LogP contribution in [0.2, 0.25) is 0 Å². The first kappa shape index (κ1) is 17.6. The van der Waals surface area contributed by atoms with Gasteiger partial charge in [0.05, 0.1) is 30.1 Å². The van der Waals surface area contributed by atoms with Gasteiger partial charge in [-0.1, -0.05) is 11.8 Å². The van der Waals surface area contributed by atoms with E-state index in [1.54, 1.807) is 11.0 Å². The van der Waals surface area contributed by atoms with Gasteiger partial charge in [0.2, 0.25) is 5.91 Å². The maximum atomic E-state index is 13.0. The lowest BCUT2D eigenvalue weighted by atomic mass is 10.1. The summed E-state index contributed by atoms with van der Waals surface area (Å²) in [6.45, 7) is 3.23. The quantitative estimate of drug-likeness (QED) is 0.786. The van der Waals surface area contributed by atoms with Crippen molar-refractivity contribution < 1.29 is 22.7 Å². The number of pyridine rings is 1. The van der Waals surface area contributed by atoms with E-state index in [2.05, 4.69) is 4.98 Å². The van der Waals surface area contributed by atoms with Gasteiger partial charge in [-0.25, -0.2) is 4.98 Å². The second kappa shape index (κ2) is 7.19. The number of morpholine rings is 1. The number of nitrogens with zero attached hydrogens (tertiary/aromatic N) is 3. The summed E-state index contributed by atoms with van der Waals surface area (Å²) in [6, 6.07) is 2.39. The summed E-state index contributed by atoms with van der Waals surface area (Å²) in [5, 5.41) is 8.98. The predicted molar refractivity (Wildman–Crippen MR) is 76.8 cm³/mol. The molecule has 1 fully saturated rings. The highest BCUT2D eigenvalue weighted by Crippen LogP contribution is 2.35. The van der Waals surface area contributed by atoms with Crippen LogP contribution in [0.5, 0.6) is 0 Å². The van der Waals surface area contributed by atoms with Gasteiger partial charge in [0.15, 0.2) is 0 Å². The number of nitriles is 1. The third-order valence-corrected chi connectivity index (χ3v) is 4.19. The lowest BCUT2D eigenvalue weighted by Crippen LogP contribution is -2.41. The molecule has 23 heavy (non-hydrogen) atoms. The highest BCUT2D eigenvalue weighted by atomic mass is 32.2. The van der Waals surface area contributed by atoms with Crippen LogP contribution in [0.3, 0.4) is 0 Å². The molecule has 0 spiro atoms. The largest absolute Gasteiger partial charge is 0.417 e. The van der Waals surface area contributed by atoms with Gasteiger partial charge in [-0.05, 0) is 13.0 Å². The van der Waals surface area contributed by atoms with Crippen LogP contribution in [0.25, 0.3) is 0 Å². The zero-order valence-corrected chi connectivity index (χ0v) is 13.1. The van der Waals surface area contributed by atoms with E-state index in [1.807, 2.05) is 0 Å². The average molecular weight is 345 g/mol. The van der Waals surface area contributed by atoms with Crippen LogP contribution >= 0.6 is 11.8 Å². The van der Waals surface area contributed by atoms with Gasteiger partial charge in [0, 0.05) is 18.8 Å². The summed E-state index contributed by atoms with van der Waals surface area (Å²) in [7, 11) is 0. The van der Waals surface area contributed by atoms with E-state index >= 15 is 0 Å². The van der Waals surface area contributed by atoms with Crippen LogP contribution in [-0.4, -0.2) is 47.8 Å². The summed E-state index contributed by atoms with van der Waals surface area (Å²) in [4.78, 5) is 17.6. The minimum absolute atomic E-state index is 0.0670. The average Bonchev–Trinajstić information content (AvgIpc) is 2.52. The normalized spacial score (nSPS) is 15.3. The van der Waals surface area contributed by atoms with Crippen LogP contribution in [0, 0.1) is 18.3 Å². The number of hydrogen-bond donors (Lipinski definition) is 0. The van der Waals surface area contributed by atoms with E-state index in [0.717, 1.165) is 17.8 Å². The maximum Gasteiger partial charge on any atom is 0.417 e. The Labute approximate surface area is 135 Å². The van der Waals surface area contributed by atoms with E-state index in [4.69, 9.17) is 10.00 Å². The Hall–Kier alpha value is -1.79. The fraction of sp³-hybridized carbons (Fsp3) is 0.500. The molecule has 0 bridgehead atoms. The summed E-state index contributed by atoms with van der Waals surface area (Å²) in [5.41, 5.74) is -1.41. The molecule has 5 nitrogen and oxygen atoms in total. The molecule has 0 atom stereocenters. The predicted octanol–water partition coefficient (Wildman–Crippen LogP) is 2.23. The number of rotatable bonds is 3. The molecule has 2 rings (SSSR count). The summed E-state index contributed by atoms with van der Waals surface area (Å²) < 4.78 is 44.2. The van der Waals surface area contributed by atoms with E-state index < -0.39 is 17.3 Å². The molecule has 1 aromatic heterocycles. The van der Waals surface area contributed by atoms with Crippen LogP contribution in [0.15, 0.2) is 11.1 Å². The van der Waals surface area contributed by atoms with Crippen LogP contribution in [0.4, 0.5) is 13.2 Å². The molecule has 1 aliphatic rings. The third-order valence-electron chi connectivity index (χ3n) is 3.23. The molecule has 0 aromatic carbocycles. The van der Waals surface area contributed by atoms with Gasteiger partial charge in [0.1, 0.15) is 11.1 Å². The van der Waals surface area contributed by atoms with Crippen molar-refractivity contribution >= 4 is 17.7 Å². The molecule has 1 aliphatic heterocycles. The van der Waals surface area contributed by atoms with E-state index in [-0.39, 0.29) is 22.4 Å². The number of ether oxygens (including phenoxy) is 1. The number of thioether (sulfide) groups is 1. The SMILES string of the molecule is Cc1cc(C(F)(F)F)c(C#N)c(SCC(=O)N2CCOCC2)n1. The topological polar surface area (TPSA) is 66.2 Å². The lowest BCUT2D eigenvalue weighted by Gasteiger charge is -2.26. The third kappa shape index (κ3) is 4.36. The molecule has 0 unspecified atom stereocenters. The Balaban J connectivity index is 2.18. The number of carbonyl (C=O) groups excluding carboxylic acids is 1. The van der Waals surface area contributed by atoms with Gasteiger partial charge >= 0.3 is 6.18 Å². The smallest absolute Gasteiger partial charge is 0.378 e. The molecular weight excluding hydrogens is 331 g/mol. The number of amides is 1. The van der Waals surface area contributed by atoms with Gasteiger partial charge in [0.25, 0.3) is 0 Å². The summed E-state index contributed by atoms with van der Waals surface area (Å²) >= 11 is 0.852. The number of hydrogen-bond acceptors (Lipinski definition) is 5. The standard InChI is InChI=1S/C14H14F3N3O2S/c1-9-6-11(14(15,16)17)10(7-18)13(19-9)23-8-12(21)20-2-4-22-5-3-20/h6H,2-5,8H2,1H3. The molecule has 1 amide bonds. The van der Waals surface area contributed by atoms with E-state index in [9.17, 15) is 18.0 Å². The number of halogens is 3. The zero-order valence-electron chi connectivity index (χ0n) is 12.3. The molecule has 0 N–H and O–H groups in total. The van der Waals surface area contributed by atoms with Crippen molar-refractivity contribution in [1.82, 2.24) is 9.88 Å². The van der Waals surface area contributed by atoms with Crippen molar-refractivity contribution in [1.29, 1.82) is 5.26 Å². The van der Waals surface area contributed by atoms with Crippen molar-refractivity contribution in [3.05, 3.63) is 22.9 Å². The first-order valence-corrected chi connectivity index (χ1v) is 7.78. The van der Waals surface area contributed by atoms with Gasteiger partial charge < -0.3 is 9.64 Å². The second-order valence-corrected chi connectivity index (χ2v) is 5.85. The highest BCUT2D eigenvalue weighted by Gasteiger charge is 2.35. The molecular formula is C14H14F3N3O2S. The minimum Gasteiger partial charge on any atom is -0.378 e. The Morgan fingerprint density at radius 1 is 1.48 bits per heavy atom. The first-order valence-electron chi connectivity index (χ1n) is 6.80. The molecule has 0 aliphatic carbocycles. The summed E-state index contributed by atoms with van der Waals surface area (Å²) in [5.74, 6) is -0.276. The number of aromatic nitrogens is 1. The van der Waals surface area contributed by atoms with Gasteiger partial charge in [-0.2, -0.15) is 18.4 Å². The second-order valence-electron chi connectivity index (χ2n) is 4.88. The van der Waals surface area contributed by atoms with Gasteiger partial charge in [-0.3, -0.25) is 4.79 Å². The van der Waals surface area contributed by atoms with E-state index in [1.165, 1.54) is 6.92 Å². The fourth-order valence-corrected chi connectivity index (χ4v) is 3.07. The van der Waals surface area contributed by atoms with Crippen LogP contribution in [0.1, 0.15) is 16.8 Å². The van der Waals surface area contributed by atoms with Gasteiger partial charge in [-0.15, -0.1) is 0 Å². The number of alkyl halides is 3. The van der Waals surface area contributed by atoms with Crippen molar-refractivity contribution in [3.8, 4) is 6.07 Å². The van der Waals surface area contributed by atoms with Crippen molar-refractivity contribution in [2.45, 2.75) is 18.1 Å². The number of aryl methyl sites for hydroxylation is 1. The Kier molecular flexibility index (Phi) is 5.49. The van der Waals surface area contributed by atoms with Crippen LogP contribution < -0.4 is 0 Å². The van der Waals surface area contributed by atoms with E-state index in [0.29, 0.717) is 26.3 Å². The zero-order chi connectivity index (χ0) is 17.0. The van der Waals surface area contributed by atoms with Crippen molar-refractivity contribution in [2.75, 3.05) is 32.1 Å². The fourth-order valence-electron chi connectivity index (χ4n) is 2.11. The van der Waals surface area contributed by atoms with Crippen molar-refractivity contribution in [3.63, 3.8) is 0 Å². The summed E-state index contributed by atoms with van der Waals surface area (Å²) in [6.07, 6.45) is -4.64. The maximum absolute atomic E-state index is 13.0. The molecule has 2 heterocycles. The lowest BCUT2D eigenvalue weighted by molar-refractivity contribution is -0.138. The molecule has 1 saturated heterocycles. The molecule has 124 valence electrons. The van der Waals surface area contributed by atoms with Crippen LogP contribution in [-0.2, 0) is 15.7 Å². The van der Waals surface area contributed by atoms with Crippen molar-refractivity contribution in [2.24, 2.45) is 0 Å². The molecule has 9 heteroatoms.